The van der Waals surface area contributed by atoms with Gasteiger partial charge in [-0.15, -0.1) is 0 Å². The van der Waals surface area contributed by atoms with Gasteiger partial charge in [0.15, 0.2) is 5.82 Å². The van der Waals surface area contributed by atoms with Gasteiger partial charge in [-0.3, -0.25) is 20.2 Å². The van der Waals surface area contributed by atoms with E-state index in [9.17, 15) is 24.6 Å². The third-order valence-corrected chi connectivity index (χ3v) is 2.43. The largest absolute Gasteiger partial charge is 0.423 e. The average Bonchev–Trinajstić information content (AvgIpc) is 2.40. The van der Waals surface area contributed by atoms with Crippen LogP contribution in [0.3, 0.4) is 0 Å². The fraction of sp³-hybridized carbons (Fsp3) is 0. The number of aromatic nitrogens is 2. The molecule has 108 valence electrons. The third-order valence-electron chi connectivity index (χ3n) is 2.24. The van der Waals surface area contributed by atoms with Gasteiger partial charge in [0.25, 0.3) is 0 Å². The van der Waals surface area contributed by atoms with Crippen molar-refractivity contribution in [2.75, 3.05) is 0 Å². The van der Waals surface area contributed by atoms with E-state index in [2.05, 4.69) is 9.97 Å². The van der Waals surface area contributed by atoms with E-state index in [1.54, 1.807) is 0 Å². The SMILES string of the molecule is O=[N+]([O-])c1cnc(Cl)nc1Oc1c(F)cccc1[N+](=O)[O-]. The summed E-state index contributed by atoms with van der Waals surface area (Å²) in [6, 6.07) is 2.98. The minimum atomic E-state index is -1.08. The van der Waals surface area contributed by atoms with Crippen LogP contribution in [0.2, 0.25) is 5.28 Å². The summed E-state index contributed by atoms with van der Waals surface area (Å²) in [5, 5.41) is 21.2. The van der Waals surface area contributed by atoms with Gasteiger partial charge in [0.2, 0.25) is 11.0 Å². The Morgan fingerprint density at radius 1 is 1.19 bits per heavy atom. The number of nitro groups is 2. The summed E-state index contributed by atoms with van der Waals surface area (Å²) in [4.78, 5) is 26.7. The van der Waals surface area contributed by atoms with Crippen molar-refractivity contribution in [3.8, 4) is 11.6 Å². The molecule has 1 heterocycles. The lowest BCUT2D eigenvalue weighted by Crippen LogP contribution is -2.01. The molecule has 11 heteroatoms. The lowest BCUT2D eigenvalue weighted by molar-refractivity contribution is -0.388. The molecule has 0 spiro atoms. The van der Waals surface area contributed by atoms with Gasteiger partial charge in [0.1, 0.15) is 6.20 Å². The zero-order valence-electron chi connectivity index (χ0n) is 9.90. The summed E-state index contributed by atoms with van der Waals surface area (Å²) in [5.74, 6) is -2.58. The van der Waals surface area contributed by atoms with Gasteiger partial charge in [-0.1, -0.05) is 6.07 Å². The van der Waals surface area contributed by atoms with Crippen LogP contribution in [0.5, 0.6) is 11.6 Å². The first kappa shape index (κ1) is 14.5. The zero-order valence-corrected chi connectivity index (χ0v) is 10.7. The third kappa shape index (κ3) is 3.00. The number of para-hydroxylation sites is 1. The summed E-state index contributed by atoms with van der Waals surface area (Å²) in [6.45, 7) is 0. The molecule has 0 aliphatic carbocycles. The van der Waals surface area contributed by atoms with Gasteiger partial charge in [0, 0.05) is 6.07 Å². The Bertz CT molecular complexity index is 741. The first-order valence-corrected chi connectivity index (χ1v) is 5.55. The van der Waals surface area contributed by atoms with E-state index < -0.39 is 44.0 Å². The van der Waals surface area contributed by atoms with E-state index in [0.29, 0.717) is 0 Å². The van der Waals surface area contributed by atoms with Crippen molar-refractivity contribution in [2.24, 2.45) is 0 Å². The minimum absolute atomic E-state index is 0.394. The summed E-state index contributed by atoms with van der Waals surface area (Å²) >= 11 is 5.48. The second-order valence-corrected chi connectivity index (χ2v) is 3.87. The van der Waals surface area contributed by atoms with Crippen LogP contribution in [0.4, 0.5) is 15.8 Å². The molecule has 2 rings (SSSR count). The first-order chi connectivity index (χ1) is 9.90. The lowest BCUT2D eigenvalue weighted by Gasteiger charge is -2.06. The topological polar surface area (TPSA) is 121 Å². The van der Waals surface area contributed by atoms with Crippen LogP contribution < -0.4 is 4.74 Å². The maximum atomic E-state index is 13.7. The molecule has 0 fully saturated rings. The first-order valence-electron chi connectivity index (χ1n) is 5.18. The van der Waals surface area contributed by atoms with Gasteiger partial charge in [-0.05, 0) is 17.7 Å². The lowest BCUT2D eigenvalue weighted by atomic mass is 10.3. The second kappa shape index (κ2) is 5.63. The predicted octanol–water partition coefficient (Wildman–Crippen LogP) is 2.88. The molecule has 0 unspecified atom stereocenters. The maximum absolute atomic E-state index is 13.7. The van der Waals surface area contributed by atoms with E-state index >= 15 is 0 Å². The summed E-state index contributed by atoms with van der Waals surface area (Å²) < 4.78 is 18.5. The maximum Gasteiger partial charge on any atom is 0.349 e. The van der Waals surface area contributed by atoms with Crippen molar-refractivity contribution in [3.05, 3.63) is 55.7 Å². The molecule has 0 atom stereocenters. The zero-order chi connectivity index (χ0) is 15.6. The van der Waals surface area contributed by atoms with E-state index in [-0.39, 0.29) is 0 Å². The van der Waals surface area contributed by atoms with Gasteiger partial charge in [-0.25, -0.2) is 9.37 Å². The Kier molecular flexibility index (Phi) is 3.89. The van der Waals surface area contributed by atoms with Gasteiger partial charge >= 0.3 is 17.3 Å². The van der Waals surface area contributed by atoms with Crippen LogP contribution >= 0.6 is 11.6 Å². The predicted molar refractivity (Wildman–Crippen MR) is 66.8 cm³/mol. The van der Waals surface area contributed by atoms with Crippen LogP contribution in [0.1, 0.15) is 0 Å². The molecule has 1 aromatic carbocycles. The second-order valence-electron chi connectivity index (χ2n) is 3.53. The van der Waals surface area contributed by atoms with E-state index in [1.165, 1.54) is 0 Å². The van der Waals surface area contributed by atoms with Crippen LogP contribution in [0.25, 0.3) is 0 Å². The molecular formula is C10H4ClFN4O5. The molecular weight excluding hydrogens is 311 g/mol. The Morgan fingerprint density at radius 3 is 2.48 bits per heavy atom. The Morgan fingerprint density at radius 2 is 1.86 bits per heavy atom. The average molecular weight is 315 g/mol. The highest BCUT2D eigenvalue weighted by atomic mass is 35.5. The summed E-state index contributed by atoms with van der Waals surface area (Å²) in [5.41, 5.74) is -1.42. The molecule has 0 radical (unpaired) electrons. The number of benzene rings is 1. The molecule has 0 N–H and O–H groups in total. The van der Waals surface area contributed by atoms with Gasteiger partial charge in [-0.2, -0.15) is 4.98 Å². The monoisotopic (exact) mass is 314 g/mol. The van der Waals surface area contributed by atoms with Crippen molar-refractivity contribution in [1.82, 2.24) is 9.97 Å². The molecule has 1 aromatic heterocycles. The number of hydrogen-bond acceptors (Lipinski definition) is 7. The Labute approximate surface area is 120 Å². The van der Waals surface area contributed by atoms with Gasteiger partial charge in [0.05, 0.1) is 9.85 Å². The summed E-state index contributed by atoms with van der Waals surface area (Å²) in [7, 11) is 0. The normalized spacial score (nSPS) is 10.2. The minimum Gasteiger partial charge on any atom is -0.423 e. The standard InChI is InChI=1S/C10H4ClFN4O5/c11-10-13-4-7(16(19)20)9(14-10)21-8-5(12)2-1-3-6(8)15(17)18/h1-4H. The number of halogens is 2. The number of nitro benzene ring substituents is 1. The van der Waals surface area contributed by atoms with Crippen LogP contribution in [0.15, 0.2) is 24.4 Å². The van der Waals surface area contributed by atoms with Crippen molar-refractivity contribution >= 4 is 23.0 Å². The number of hydrogen-bond donors (Lipinski definition) is 0. The molecule has 2 aromatic rings. The van der Waals surface area contributed by atoms with Crippen molar-refractivity contribution in [3.63, 3.8) is 0 Å². The molecule has 9 nitrogen and oxygen atoms in total. The fourth-order valence-electron chi connectivity index (χ4n) is 1.38. The van der Waals surface area contributed by atoms with Crippen molar-refractivity contribution in [1.29, 1.82) is 0 Å². The highest BCUT2D eigenvalue weighted by Crippen LogP contribution is 2.36. The molecule has 21 heavy (non-hydrogen) atoms. The number of nitrogens with zero attached hydrogens (tertiary/aromatic N) is 4. The fourth-order valence-corrected chi connectivity index (χ4v) is 1.50. The highest BCUT2D eigenvalue weighted by molar-refractivity contribution is 6.28. The smallest absolute Gasteiger partial charge is 0.349 e. The number of ether oxygens (including phenoxy) is 1. The van der Waals surface area contributed by atoms with Crippen LogP contribution in [-0.4, -0.2) is 19.8 Å². The van der Waals surface area contributed by atoms with Crippen LogP contribution in [0, 0.1) is 26.0 Å². The highest BCUT2D eigenvalue weighted by Gasteiger charge is 2.26. The molecule has 0 aliphatic rings. The van der Waals surface area contributed by atoms with E-state index in [0.717, 1.165) is 24.4 Å². The molecule has 0 amide bonds. The van der Waals surface area contributed by atoms with E-state index in [4.69, 9.17) is 16.3 Å². The Balaban J connectivity index is 2.55. The number of rotatable bonds is 4. The molecule has 0 aliphatic heterocycles. The molecule has 0 saturated carbocycles. The summed E-state index contributed by atoms with van der Waals surface area (Å²) in [6.07, 6.45) is 0.747. The quantitative estimate of drug-likeness (QED) is 0.483. The van der Waals surface area contributed by atoms with Crippen molar-refractivity contribution < 1.29 is 19.0 Å². The van der Waals surface area contributed by atoms with Crippen molar-refractivity contribution in [2.45, 2.75) is 0 Å². The molecule has 0 saturated heterocycles. The van der Waals surface area contributed by atoms with E-state index in [1.807, 2.05) is 0 Å². The van der Waals surface area contributed by atoms with Gasteiger partial charge < -0.3 is 4.74 Å². The Hall–Kier alpha value is -2.88. The molecule has 0 bridgehead atoms. The van der Waals surface area contributed by atoms with Crippen LogP contribution in [-0.2, 0) is 0 Å².